The van der Waals surface area contributed by atoms with Gasteiger partial charge in [-0.2, -0.15) is 0 Å². The number of nitrogens with one attached hydrogen (secondary N) is 1. The minimum Gasteiger partial charge on any atom is -0.352 e. The van der Waals surface area contributed by atoms with Crippen LogP contribution in [-0.2, 0) is 4.79 Å². The highest BCUT2D eigenvalue weighted by atomic mass is 16.1. The Labute approximate surface area is 90.8 Å². The van der Waals surface area contributed by atoms with Gasteiger partial charge < -0.3 is 11.1 Å². The van der Waals surface area contributed by atoms with Crippen molar-refractivity contribution in [3.05, 3.63) is 0 Å². The van der Waals surface area contributed by atoms with Gasteiger partial charge in [0.25, 0.3) is 0 Å². The van der Waals surface area contributed by atoms with Gasteiger partial charge in [-0.05, 0) is 55.8 Å². The largest absolute Gasteiger partial charge is 0.352 e. The first-order valence-corrected chi connectivity index (χ1v) is 6.25. The third-order valence-electron chi connectivity index (χ3n) is 4.74. The van der Waals surface area contributed by atoms with Gasteiger partial charge in [-0.15, -0.1) is 0 Å². The highest BCUT2D eigenvalue weighted by molar-refractivity contribution is 5.78. The van der Waals surface area contributed by atoms with Gasteiger partial charge in [-0.3, -0.25) is 4.79 Å². The third kappa shape index (κ3) is 1.57. The van der Waals surface area contributed by atoms with Crippen molar-refractivity contribution < 1.29 is 4.79 Å². The molecule has 15 heavy (non-hydrogen) atoms. The molecule has 4 fully saturated rings. The average Bonchev–Trinajstić information content (AvgIpc) is 2.22. The summed E-state index contributed by atoms with van der Waals surface area (Å²) in [5, 5.41) is 3.15. The fourth-order valence-corrected chi connectivity index (χ4v) is 4.41. The first kappa shape index (κ1) is 9.64. The summed E-state index contributed by atoms with van der Waals surface area (Å²) in [7, 11) is 0. The Balaban J connectivity index is 1.72. The Bertz CT molecular complexity index is 249. The molecule has 0 aromatic rings. The van der Waals surface area contributed by atoms with Crippen LogP contribution in [0.1, 0.15) is 32.1 Å². The van der Waals surface area contributed by atoms with Crippen LogP contribution < -0.4 is 11.1 Å². The third-order valence-corrected chi connectivity index (χ3v) is 4.74. The lowest BCUT2D eigenvalue weighted by Crippen LogP contribution is -2.56. The highest BCUT2D eigenvalue weighted by Crippen LogP contribution is 2.53. The normalized spacial score (nSPS) is 46.9. The Hall–Kier alpha value is -0.570. The van der Waals surface area contributed by atoms with Gasteiger partial charge in [0.05, 0.1) is 6.54 Å². The molecule has 4 bridgehead atoms. The van der Waals surface area contributed by atoms with E-state index in [0.29, 0.717) is 6.04 Å². The topological polar surface area (TPSA) is 55.1 Å². The first-order chi connectivity index (χ1) is 7.26. The number of hydrogen-bond donors (Lipinski definition) is 2. The van der Waals surface area contributed by atoms with Crippen LogP contribution in [0.3, 0.4) is 0 Å². The summed E-state index contributed by atoms with van der Waals surface area (Å²) in [6.45, 7) is 0.142. The van der Waals surface area contributed by atoms with Crippen molar-refractivity contribution in [3.8, 4) is 0 Å². The smallest absolute Gasteiger partial charge is 0.233 e. The number of carbonyl (C=O) groups is 1. The summed E-state index contributed by atoms with van der Waals surface area (Å²) in [5.74, 6) is 3.50. The number of rotatable bonds is 2. The molecule has 84 valence electrons. The van der Waals surface area contributed by atoms with Gasteiger partial charge in [0, 0.05) is 6.04 Å². The Morgan fingerprint density at radius 1 is 1.07 bits per heavy atom. The predicted octanol–water partition coefficient (Wildman–Crippen LogP) is 0.886. The fraction of sp³-hybridized carbons (Fsp3) is 0.917. The summed E-state index contributed by atoms with van der Waals surface area (Å²) in [6.07, 6.45) is 6.86. The molecule has 3 heteroatoms. The maximum atomic E-state index is 11.4. The number of amides is 1. The molecule has 0 atom stereocenters. The van der Waals surface area contributed by atoms with Gasteiger partial charge in [0.2, 0.25) is 5.91 Å². The molecule has 0 unspecified atom stereocenters. The lowest BCUT2D eigenvalue weighted by molar-refractivity contribution is -0.123. The van der Waals surface area contributed by atoms with Crippen molar-refractivity contribution in [2.24, 2.45) is 29.4 Å². The maximum Gasteiger partial charge on any atom is 0.233 e. The molecule has 3 nitrogen and oxygen atoms in total. The van der Waals surface area contributed by atoms with Crippen molar-refractivity contribution >= 4 is 5.91 Å². The van der Waals surface area contributed by atoms with Crippen LogP contribution in [0.25, 0.3) is 0 Å². The van der Waals surface area contributed by atoms with Crippen molar-refractivity contribution in [3.63, 3.8) is 0 Å². The monoisotopic (exact) mass is 208 g/mol. The van der Waals surface area contributed by atoms with Gasteiger partial charge in [-0.25, -0.2) is 0 Å². The van der Waals surface area contributed by atoms with Crippen LogP contribution >= 0.6 is 0 Å². The fourth-order valence-electron chi connectivity index (χ4n) is 4.41. The summed E-state index contributed by atoms with van der Waals surface area (Å²) in [6, 6.07) is 0.453. The van der Waals surface area contributed by atoms with E-state index in [1.54, 1.807) is 0 Å². The van der Waals surface area contributed by atoms with E-state index in [1.807, 2.05) is 0 Å². The zero-order valence-electron chi connectivity index (χ0n) is 9.11. The summed E-state index contributed by atoms with van der Waals surface area (Å²) < 4.78 is 0. The molecule has 0 radical (unpaired) electrons. The molecule has 3 N–H and O–H groups in total. The first-order valence-electron chi connectivity index (χ1n) is 6.25. The molecule has 4 rings (SSSR count). The van der Waals surface area contributed by atoms with E-state index in [2.05, 4.69) is 5.32 Å². The standard InChI is InChI=1S/C12H20N2O/c13-6-11(15)14-12-9-2-7-1-8(4-9)5-10(12)3-7/h7-10,12H,1-6,13H2,(H,14,15). The van der Waals surface area contributed by atoms with E-state index >= 15 is 0 Å². The summed E-state index contributed by atoms with van der Waals surface area (Å²) >= 11 is 0. The lowest BCUT2D eigenvalue weighted by Gasteiger charge is -2.54. The van der Waals surface area contributed by atoms with Gasteiger partial charge in [0.15, 0.2) is 0 Å². The van der Waals surface area contributed by atoms with E-state index in [1.165, 1.54) is 32.1 Å². The van der Waals surface area contributed by atoms with Crippen molar-refractivity contribution in [2.75, 3.05) is 6.54 Å². The van der Waals surface area contributed by atoms with Gasteiger partial charge >= 0.3 is 0 Å². The second-order valence-electron chi connectivity index (χ2n) is 5.73. The van der Waals surface area contributed by atoms with Crippen LogP contribution in [-0.4, -0.2) is 18.5 Å². The van der Waals surface area contributed by atoms with Crippen molar-refractivity contribution in [2.45, 2.75) is 38.1 Å². The summed E-state index contributed by atoms with van der Waals surface area (Å²) in [4.78, 5) is 11.4. The Kier molecular flexibility index (Phi) is 2.23. The van der Waals surface area contributed by atoms with Gasteiger partial charge in [0.1, 0.15) is 0 Å². The van der Waals surface area contributed by atoms with E-state index < -0.39 is 0 Å². The highest BCUT2D eigenvalue weighted by Gasteiger charge is 2.48. The molecule has 0 aromatic heterocycles. The maximum absolute atomic E-state index is 11.4. The molecule has 0 aromatic carbocycles. The molecular formula is C12H20N2O. The number of nitrogens with two attached hydrogens (primary N) is 1. The average molecular weight is 208 g/mol. The second-order valence-corrected chi connectivity index (χ2v) is 5.73. The molecule has 4 aliphatic carbocycles. The number of hydrogen-bond acceptors (Lipinski definition) is 2. The van der Waals surface area contributed by atoms with Gasteiger partial charge in [-0.1, -0.05) is 0 Å². The second kappa shape index (κ2) is 3.48. The van der Waals surface area contributed by atoms with Crippen molar-refractivity contribution in [1.29, 1.82) is 0 Å². The molecule has 4 aliphatic rings. The van der Waals surface area contributed by atoms with Crippen molar-refractivity contribution in [1.82, 2.24) is 5.32 Å². The van der Waals surface area contributed by atoms with E-state index in [0.717, 1.165) is 23.7 Å². The van der Waals surface area contributed by atoms with E-state index in [-0.39, 0.29) is 12.5 Å². The Morgan fingerprint density at radius 2 is 1.60 bits per heavy atom. The van der Waals surface area contributed by atoms with E-state index in [4.69, 9.17) is 5.73 Å². The molecule has 0 aliphatic heterocycles. The molecule has 0 heterocycles. The van der Waals surface area contributed by atoms with Crippen LogP contribution in [0.5, 0.6) is 0 Å². The summed E-state index contributed by atoms with van der Waals surface area (Å²) in [5.41, 5.74) is 5.36. The lowest BCUT2D eigenvalue weighted by atomic mass is 9.54. The Morgan fingerprint density at radius 3 is 2.07 bits per heavy atom. The zero-order valence-corrected chi connectivity index (χ0v) is 9.11. The minimum atomic E-state index is 0.0347. The molecule has 4 saturated carbocycles. The van der Waals surface area contributed by atoms with Crippen LogP contribution in [0.15, 0.2) is 0 Å². The van der Waals surface area contributed by atoms with E-state index in [9.17, 15) is 4.79 Å². The molecule has 0 spiro atoms. The molecular weight excluding hydrogens is 188 g/mol. The molecule has 1 amide bonds. The SMILES string of the molecule is NCC(=O)NC1C2CC3CC(C2)CC1C3. The quantitative estimate of drug-likeness (QED) is 0.708. The zero-order chi connectivity index (χ0) is 10.4. The number of carbonyl (C=O) groups excluding carboxylic acids is 1. The van der Waals surface area contributed by atoms with Crippen LogP contribution in [0.4, 0.5) is 0 Å². The van der Waals surface area contributed by atoms with Crippen LogP contribution in [0, 0.1) is 23.7 Å². The molecule has 0 saturated heterocycles. The van der Waals surface area contributed by atoms with Crippen LogP contribution in [0.2, 0.25) is 0 Å². The minimum absolute atomic E-state index is 0.0347. The predicted molar refractivity (Wildman–Crippen MR) is 58.0 cm³/mol.